The Morgan fingerprint density at radius 3 is 2.75 bits per heavy atom. The number of nitrogens with zero attached hydrogens (tertiary/aromatic N) is 3. The van der Waals surface area contributed by atoms with E-state index < -0.39 is 11.9 Å². The zero-order valence-electron chi connectivity index (χ0n) is 14.0. The molecule has 0 bridgehead atoms. The third-order valence-electron chi connectivity index (χ3n) is 4.02. The third-order valence-corrected chi connectivity index (χ3v) is 4.02. The van der Waals surface area contributed by atoms with Gasteiger partial charge < -0.3 is 10.0 Å². The number of para-hydroxylation sites is 1. The summed E-state index contributed by atoms with van der Waals surface area (Å²) in [5, 5.41) is 9.41. The summed E-state index contributed by atoms with van der Waals surface area (Å²) in [7, 11) is 1.56. The minimum atomic E-state index is -0.944. The third kappa shape index (κ3) is 3.79. The molecule has 1 aromatic heterocycles. The number of rotatable bonds is 6. The lowest BCUT2D eigenvalue weighted by molar-refractivity contribution is -0.142. The number of hydrogen-bond acceptors (Lipinski definition) is 4. The van der Waals surface area contributed by atoms with E-state index in [0.717, 1.165) is 5.56 Å². The van der Waals surface area contributed by atoms with Crippen LogP contribution in [0.4, 0.5) is 0 Å². The van der Waals surface area contributed by atoms with Gasteiger partial charge in [0.2, 0.25) is 5.91 Å². The van der Waals surface area contributed by atoms with Crippen molar-refractivity contribution in [2.75, 3.05) is 13.6 Å². The maximum absolute atomic E-state index is 12.5. The Kier molecular flexibility index (Phi) is 5.33. The van der Waals surface area contributed by atoms with Crippen LogP contribution < -0.4 is 5.56 Å². The van der Waals surface area contributed by atoms with E-state index in [0.29, 0.717) is 10.9 Å². The standard InChI is InChI=1S/C17H21N3O4/c1-11-5-4-6-13-15(11)18-10-20(16(13)22)8-7-14(21)19(3)9-12(2)17(23)24/h4-6,10,12H,7-9H2,1-3H3,(H,23,24). The second-order valence-electron chi connectivity index (χ2n) is 5.98. The van der Waals surface area contributed by atoms with Gasteiger partial charge in [-0.15, -0.1) is 0 Å². The van der Waals surface area contributed by atoms with E-state index in [-0.39, 0.29) is 31.0 Å². The minimum Gasteiger partial charge on any atom is -0.481 e. The van der Waals surface area contributed by atoms with Gasteiger partial charge in [0.15, 0.2) is 0 Å². The van der Waals surface area contributed by atoms with Crippen molar-refractivity contribution in [3.63, 3.8) is 0 Å². The Hall–Kier alpha value is -2.70. The van der Waals surface area contributed by atoms with Gasteiger partial charge in [0.25, 0.3) is 5.56 Å². The Balaban J connectivity index is 2.08. The molecule has 0 aliphatic rings. The summed E-state index contributed by atoms with van der Waals surface area (Å²) in [5.41, 5.74) is 1.41. The van der Waals surface area contributed by atoms with Gasteiger partial charge in [-0.3, -0.25) is 19.0 Å². The average Bonchev–Trinajstić information content (AvgIpc) is 2.54. The number of aromatic nitrogens is 2. The molecule has 1 aromatic carbocycles. The first-order valence-corrected chi connectivity index (χ1v) is 7.72. The second kappa shape index (κ2) is 7.25. The van der Waals surface area contributed by atoms with Crippen molar-refractivity contribution in [1.29, 1.82) is 0 Å². The van der Waals surface area contributed by atoms with E-state index in [9.17, 15) is 14.4 Å². The van der Waals surface area contributed by atoms with Crippen molar-refractivity contribution in [3.05, 3.63) is 40.4 Å². The number of hydrogen-bond donors (Lipinski definition) is 1. The van der Waals surface area contributed by atoms with Crippen LogP contribution in [0.15, 0.2) is 29.3 Å². The fraction of sp³-hybridized carbons (Fsp3) is 0.412. The molecule has 2 rings (SSSR count). The molecule has 7 nitrogen and oxygen atoms in total. The average molecular weight is 331 g/mol. The number of aliphatic carboxylic acids is 1. The number of carbonyl (C=O) groups excluding carboxylic acids is 1. The van der Waals surface area contributed by atoms with Gasteiger partial charge >= 0.3 is 5.97 Å². The topological polar surface area (TPSA) is 92.5 Å². The molecule has 1 N–H and O–H groups in total. The molecule has 1 amide bonds. The first kappa shape index (κ1) is 17.7. The highest BCUT2D eigenvalue weighted by molar-refractivity contribution is 5.80. The molecule has 0 saturated carbocycles. The van der Waals surface area contributed by atoms with Gasteiger partial charge in [-0.2, -0.15) is 0 Å². The van der Waals surface area contributed by atoms with Crippen LogP contribution in [-0.2, 0) is 16.1 Å². The highest BCUT2D eigenvalue weighted by atomic mass is 16.4. The highest BCUT2D eigenvalue weighted by Gasteiger charge is 2.17. The molecule has 1 unspecified atom stereocenters. The van der Waals surface area contributed by atoms with E-state index in [1.165, 1.54) is 15.8 Å². The molecule has 0 spiro atoms. The Bertz CT molecular complexity index is 828. The molecule has 0 radical (unpaired) electrons. The number of carboxylic acids is 1. The normalized spacial score (nSPS) is 12.1. The van der Waals surface area contributed by atoms with Gasteiger partial charge in [-0.05, 0) is 18.6 Å². The SMILES string of the molecule is Cc1cccc2c(=O)n(CCC(=O)N(C)CC(C)C(=O)O)cnc12. The van der Waals surface area contributed by atoms with E-state index >= 15 is 0 Å². The van der Waals surface area contributed by atoms with E-state index in [2.05, 4.69) is 4.98 Å². The molecule has 0 fully saturated rings. The Morgan fingerprint density at radius 2 is 2.08 bits per heavy atom. The first-order valence-electron chi connectivity index (χ1n) is 7.72. The molecular formula is C17H21N3O4. The van der Waals surface area contributed by atoms with Crippen molar-refractivity contribution in [2.45, 2.75) is 26.8 Å². The quantitative estimate of drug-likeness (QED) is 0.860. The van der Waals surface area contributed by atoms with Crippen LogP contribution in [0.3, 0.4) is 0 Å². The maximum atomic E-state index is 12.5. The molecule has 0 aliphatic carbocycles. The molecule has 2 aromatic rings. The minimum absolute atomic E-state index is 0.113. The molecule has 128 valence electrons. The molecule has 0 saturated heterocycles. The summed E-state index contributed by atoms with van der Waals surface area (Å²) in [4.78, 5) is 41.1. The van der Waals surface area contributed by atoms with Crippen LogP contribution in [0.2, 0.25) is 0 Å². The number of aryl methyl sites for hydroxylation is 2. The summed E-state index contributed by atoms with van der Waals surface area (Å²) in [6.07, 6.45) is 1.56. The predicted molar refractivity (Wildman–Crippen MR) is 89.8 cm³/mol. The Morgan fingerprint density at radius 1 is 1.38 bits per heavy atom. The first-order chi connectivity index (χ1) is 11.3. The lowest BCUT2D eigenvalue weighted by atomic mass is 10.1. The van der Waals surface area contributed by atoms with Crippen molar-refractivity contribution >= 4 is 22.8 Å². The van der Waals surface area contributed by atoms with Gasteiger partial charge in [0.05, 0.1) is 23.1 Å². The number of carboxylic acid groups (broad SMARTS) is 1. The van der Waals surface area contributed by atoms with Crippen molar-refractivity contribution in [3.8, 4) is 0 Å². The zero-order valence-corrected chi connectivity index (χ0v) is 14.0. The van der Waals surface area contributed by atoms with Gasteiger partial charge in [-0.1, -0.05) is 19.1 Å². The monoisotopic (exact) mass is 331 g/mol. The molecule has 24 heavy (non-hydrogen) atoms. The van der Waals surface area contributed by atoms with Crippen LogP contribution >= 0.6 is 0 Å². The summed E-state index contributed by atoms with van der Waals surface area (Å²) in [5.74, 6) is -1.79. The largest absolute Gasteiger partial charge is 0.481 e. The maximum Gasteiger partial charge on any atom is 0.308 e. The fourth-order valence-electron chi connectivity index (χ4n) is 2.49. The molecular weight excluding hydrogens is 310 g/mol. The lowest BCUT2D eigenvalue weighted by Crippen LogP contribution is -2.34. The number of fused-ring (bicyclic) bond motifs is 1. The molecule has 1 atom stereocenters. The van der Waals surface area contributed by atoms with Gasteiger partial charge in [-0.25, -0.2) is 4.98 Å². The van der Waals surface area contributed by atoms with Gasteiger partial charge in [0.1, 0.15) is 0 Å². The second-order valence-corrected chi connectivity index (χ2v) is 5.98. The number of benzene rings is 1. The summed E-state index contributed by atoms with van der Waals surface area (Å²) >= 11 is 0. The summed E-state index contributed by atoms with van der Waals surface area (Å²) in [6.45, 7) is 3.78. The number of carbonyl (C=O) groups is 2. The lowest BCUT2D eigenvalue weighted by Gasteiger charge is -2.19. The smallest absolute Gasteiger partial charge is 0.308 e. The van der Waals surface area contributed by atoms with Crippen LogP contribution in [-0.4, -0.2) is 45.0 Å². The Labute approximate surface area is 139 Å². The summed E-state index contributed by atoms with van der Waals surface area (Å²) < 4.78 is 1.41. The predicted octanol–water partition coefficient (Wildman–Crippen LogP) is 1.27. The van der Waals surface area contributed by atoms with Gasteiger partial charge in [0, 0.05) is 26.6 Å². The molecule has 7 heteroatoms. The van der Waals surface area contributed by atoms with Crippen LogP contribution in [0.25, 0.3) is 10.9 Å². The summed E-state index contributed by atoms with van der Waals surface area (Å²) in [6, 6.07) is 5.41. The van der Waals surface area contributed by atoms with Crippen LogP contribution in [0.1, 0.15) is 18.9 Å². The van der Waals surface area contributed by atoms with E-state index in [4.69, 9.17) is 5.11 Å². The van der Waals surface area contributed by atoms with Crippen LogP contribution in [0, 0.1) is 12.8 Å². The molecule has 1 heterocycles. The van der Waals surface area contributed by atoms with Crippen molar-refractivity contribution < 1.29 is 14.7 Å². The van der Waals surface area contributed by atoms with Crippen LogP contribution in [0.5, 0.6) is 0 Å². The van der Waals surface area contributed by atoms with E-state index in [1.807, 2.05) is 13.0 Å². The van der Waals surface area contributed by atoms with Crippen molar-refractivity contribution in [1.82, 2.24) is 14.5 Å². The zero-order chi connectivity index (χ0) is 17.9. The number of amides is 1. The molecule has 0 aliphatic heterocycles. The van der Waals surface area contributed by atoms with E-state index in [1.54, 1.807) is 26.1 Å². The highest BCUT2D eigenvalue weighted by Crippen LogP contribution is 2.11. The fourth-order valence-corrected chi connectivity index (χ4v) is 2.49. The van der Waals surface area contributed by atoms with Crippen molar-refractivity contribution in [2.24, 2.45) is 5.92 Å².